The first-order valence-electron chi connectivity index (χ1n) is 8.53. The maximum Gasteiger partial charge on any atom is 0.223 e. The second-order valence-corrected chi connectivity index (χ2v) is 7.78. The zero-order chi connectivity index (χ0) is 18.5. The molecule has 3 rings (SSSR count). The second-order valence-electron chi connectivity index (χ2n) is 6.07. The first-order valence-corrected chi connectivity index (χ1v) is 9.72. The summed E-state index contributed by atoms with van der Waals surface area (Å²) in [7, 11) is 1.66. The van der Waals surface area contributed by atoms with Gasteiger partial charge < -0.3 is 14.5 Å². The summed E-state index contributed by atoms with van der Waals surface area (Å²) in [5, 5.41) is 0. The van der Waals surface area contributed by atoms with Crippen LogP contribution in [0.1, 0.15) is 22.5 Å². The summed E-state index contributed by atoms with van der Waals surface area (Å²) in [4.78, 5) is 29.2. The lowest BCUT2D eigenvalue weighted by Gasteiger charge is -2.36. The molecule has 1 aromatic carbocycles. The number of ether oxygens (including phenoxy) is 1. The maximum absolute atomic E-state index is 12.4. The minimum Gasteiger partial charge on any atom is -0.495 e. The fraction of sp³-hybridized carbons (Fsp3) is 0.368. The van der Waals surface area contributed by atoms with Crippen molar-refractivity contribution in [3.8, 4) is 5.75 Å². The Morgan fingerprint density at radius 1 is 1.08 bits per heavy atom. The molecule has 138 valence electrons. The van der Waals surface area contributed by atoms with Gasteiger partial charge >= 0.3 is 0 Å². The Labute approximate surface area is 162 Å². The minimum absolute atomic E-state index is 0.0251. The lowest BCUT2D eigenvalue weighted by molar-refractivity contribution is -0.131. The number of para-hydroxylation sites is 2. The molecule has 1 aliphatic heterocycles. The molecule has 7 heteroatoms. The molecule has 0 unspecified atom stereocenters. The number of carbonyl (C=O) groups is 2. The number of halogens is 1. The van der Waals surface area contributed by atoms with Gasteiger partial charge in [0.05, 0.1) is 22.0 Å². The number of hydrogen-bond acceptors (Lipinski definition) is 5. The average molecular weight is 393 g/mol. The van der Waals surface area contributed by atoms with E-state index in [0.717, 1.165) is 24.5 Å². The number of Topliss-reactive ketones (excluding diaryl/α,β-unsaturated/α-hetero) is 1. The normalized spacial score (nSPS) is 14.4. The first-order chi connectivity index (χ1) is 12.6. The largest absolute Gasteiger partial charge is 0.495 e. The van der Waals surface area contributed by atoms with Crippen LogP contribution in [0.3, 0.4) is 0 Å². The van der Waals surface area contributed by atoms with Crippen LogP contribution in [0.2, 0.25) is 4.34 Å². The Balaban J connectivity index is 1.50. The van der Waals surface area contributed by atoms with E-state index in [2.05, 4.69) is 4.90 Å². The van der Waals surface area contributed by atoms with Crippen LogP contribution in [-0.2, 0) is 4.79 Å². The van der Waals surface area contributed by atoms with Crippen molar-refractivity contribution >= 4 is 40.3 Å². The van der Waals surface area contributed by atoms with E-state index in [1.165, 1.54) is 11.3 Å². The van der Waals surface area contributed by atoms with Crippen molar-refractivity contribution in [1.82, 2.24) is 4.90 Å². The number of ketones is 1. The van der Waals surface area contributed by atoms with E-state index in [4.69, 9.17) is 16.3 Å². The van der Waals surface area contributed by atoms with Gasteiger partial charge in [-0.2, -0.15) is 0 Å². The van der Waals surface area contributed by atoms with Crippen molar-refractivity contribution < 1.29 is 14.3 Å². The van der Waals surface area contributed by atoms with Crippen molar-refractivity contribution in [2.45, 2.75) is 12.8 Å². The maximum atomic E-state index is 12.4. The summed E-state index contributed by atoms with van der Waals surface area (Å²) < 4.78 is 6.00. The minimum atomic E-state index is -0.0251. The number of rotatable bonds is 6. The van der Waals surface area contributed by atoms with Crippen molar-refractivity contribution in [2.75, 3.05) is 38.2 Å². The Kier molecular flexibility index (Phi) is 6.16. The molecule has 0 aliphatic carbocycles. The highest BCUT2D eigenvalue weighted by molar-refractivity contribution is 7.18. The molecule has 1 aliphatic rings. The van der Waals surface area contributed by atoms with E-state index in [1.807, 2.05) is 29.2 Å². The summed E-state index contributed by atoms with van der Waals surface area (Å²) in [6.07, 6.45) is 0.464. The van der Waals surface area contributed by atoms with E-state index in [1.54, 1.807) is 19.2 Å². The zero-order valence-corrected chi connectivity index (χ0v) is 16.2. The number of amides is 1. The predicted molar refractivity (Wildman–Crippen MR) is 105 cm³/mol. The number of hydrogen-bond donors (Lipinski definition) is 0. The molecule has 5 nitrogen and oxygen atoms in total. The lowest BCUT2D eigenvalue weighted by atomic mass is 10.1. The van der Waals surface area contributed by atoms with Crippen molar-refractivity contribution in [3.05, 3.63) is 45.6 Å². The third-order valence-corrected chi connectivity index (χ3v) is 5.74. The summed E-state index contributed by atoms with van der Waals surface area (Å²) in [6.45, 7) is 2.80. The molecular weight excluding hydrogens is 372 g/mol. The number of carbonyl (C=O) groups excluding carboxylic acids is 2. The zero-order valence-electron chi connectivity index (χ0n) is 14.6. The highest BCUT2D eigenvalue weighted by atomic mass is 35.5. The molecule has 0 spiro atoms. The molecule has 0 radical (unpaired) electrons. The van der Waals surface area contributed by atoms with Gasteiger partial charge in [-0.3, -0.25) is 9.59 Å². The third kappa shape index (κ3) is 4.37. The number of methoxy groups -OCH3 is 1. The Morgan fingerprint density at radius 2 is 1.81 bits per heavy atom. The molecule has 0 N–H and O–H groups in total. The molecule has 1 amide bonds. The molecule has 2 heterocycles. The van der Waals surface area contributed by atoms with Crippen LogP contribution in [0.4, 0.5) is 5.69 Å². The van der Waals surface area contributed by atoms with Gasteiger partial charge in [-0.1, -0.05) is 23.7 Å². The fourth-order valence-corrected chi connectivity index (χ4v) is 4.06. The SMILES string of the molecule is COc1ccccc1N1CCN(C(=O)CCC(=O)c2ccc(Cl)s2)CC1. The number of anilines is 1. The summed E-state index contributed by atoms with van der Waals surface area (Å²) in [5.41, 5.74) is 1.05. The number of nitrogens with zero attached hydrogens (tertiary/aromatic N) is 2. The molecule has 1 aromatic heterocycles. The van der Waals surface area contributed by atoms with E-state index in [-0.39, 0.29) is 24.5 Å². The average Bonchev–Trinajstić information content (AvgIpc) is 3.12. The molecule has 26 heavy (non-hydrogen) atoms. The van der Waals surface area contributed by atoms with Crippen LogP contribution in [0.15, 0.2) is 36.4 Å². The molecule has 0 saturated carbocycles. The quantitative estimate of drug-likeness (QED) is 0.703. The molecule has 1 fully saturated rings. The van der Waals surface area contributed by atoms with Crippen molar-refractivity contribution in [2.24, 2.45) is 0 Å². The van der Waals surface area contributed by atoms with Crippen LogP contribution < -0.4 is 9.64 Å². The van der Waals surface area contributed by atoms with E-state index >= 15 is 0 Å². The van der Waals surface area contributed by atoms with Crippen molar-refractivity contribution in [3.63, 3.8) is 0 Å². The van der Waals surface area contributed by atoms with Crippen LogP contribution in [0.5, 0.6) is 5.75 Å². The van der Waals surface area contributed by atoms with E-state index in [0.29, 0.717) is 22.3 Å². The van der Waals surface area contributed by atoms with Gasteiger partial charge in [0.25, 0.3) is 0 Å². The van der Waals surface area contributed by atoms with Gasteiger partial charge in [0, 0.05) is 39.0 Å². The van der Waals surface area contributed by atoms with Gasteiger partial charge in [0.2, 0.25) is 5.91 Å². The van der Waals surface area contributed by atoms with Crippen LogP contribution in [0, 0.1) is 0 Å². The Bertz CT molecular complexity index is 785. The number of thiophene rings is 1. The van der Waals surface area contributed by atoms with Gasteiger partial charge in [-0.25, -0.2) is 0 Å². The fourth-order valence-electron chi connectivity index (χ4n) is 3.05. The summed E-state index contributed by atoms with van der Waals surface area (Å²) >= 11 is 7.11. The standard InChI is InChI=1S/C19H21ClN2O3S/c1-25-16-5-3-2-4-14(16)21-10-12-22(13-11-21)19(24)9-6-15(23)17-7-8-18(20)26-17/h2-5,7-8H,6,9-13H2,1H3. The van der Waals surface area contributed by atoms with Gasteiger partial charge in [-0.05, 0) is 24.3 Å². The smallest absolute Gasteiger partial charge is 0.223 e. The molecule has 2 aromatic rings. The monoisotopic (exact) mass is 392 g/mol. The Morgan fingerprint density at radius 3 is 2.46 bits per heavy atom. The third-order valence-electron chi connectivity index (χ3n) is 4.47. The van der Waals surface area contributed by atoms with Gasteiger partial charge in [-0.15, -0.1) is 11.3 Å². The molecular formula is C19H21ClN2O3S. The van der Waals surface area contributed by atoms with Gasteiger partial charge in [0.15, 0.2) is 5.78 Å². The molecule has 0 atom stereocenters. The number of piperazine rings is 1. The van der Waals surface area contributed by atoms with Gasteiger partial charge in [0.1, 0.15) is 5.75 Å². The number of benzene rings is 1. The molecule has 1 saturated heterocycles. The summed E-state index contributed by atoms with van der Waals surface area (Å²) in [5.74, 6) is 0.844. The summed E-state index contributed by atoms with van der Waals surface area (Å²) in [6, 6.07) is 11.3. The highest BCUT2D eigenvalue weighted by Gasteiger charge is 2.23. The van der Waals surface area contributed by atoms with Crippen LogP contribution >= 0.6 is 22.9 Å². The van der Waals surface area contributed by atoms with Crippen LogP contribution in [-0.4, -0.2) is 49.9 Å². The predicted octanol–water partition coefficient (Wildman–Crippen LogP) is 3.72. The Hall–Kier alpha value is -2.05. The van der Waals surface area contributed by atoms with Crippen molar-refractivity contribution in [1.29, 1.82) is 0 Å². The van der Waals surface area contributed by atoms with Crippen LogP contribution in [0.25, 0.3) is 0 Å². The lowest BCUT2D eigenvalue weighted by Crippen LogP contribution is -2.48. The highest BCUT2D eigenvalue weighted by Crippen LogP contribution is 2.28. The second kappa shape index (κ2) is 8.56. The first kappa shape index (κ1) is 18.7. The molecule has 0 bridgehead atoms. The van der Waals surface area contributed by atoms with E-state index < -0.39 is 0 Å². The topological polar surface area (TPSA) is 49.9 Å². The van der Waals surface area contributed by atoms with E-state index in [9.17, 15) is 9.59 Å².